The van der Waals surface area contributed by atoms with Crippen LogP contribution in [0.25, 0.3) is 10.9 Å². The van der Waals surface area contributed by atoms with Crippen LogP contribution in [-0.4, -0.2) is 79.8 Å². The molecule has 152 valence electrons. The van der Waals surface area contributed by atoms with Crippen LogP contribution in [0.1, 0.15) is 17.3 Å². The summed E-state index contributed by atoms with van der Waals surface area (Å²) in [6, 6.07) is 4.43. The number of benzene rings is 1. The van der Waals surface area contributed by atoms with E-state index in [9.17, 15) is 18.0 Å². The number of hydrogen-bond donors (Lipinski definition) is 0. The molecule has 8 nitrogen and oxygen atoms in total. The summed E-state index contributed by atoms with van der Waals surface area (Å²) in [6.07, 6.45) is 1.54. The van der Waals surface area contributed by atoms with Crippen molar-refractivity contribution in [3.63, 3.8) is 0 Å². The molecule has 0 N–H and O–H groups in total. The van der Waals surface area contributed by atoms with Gasteiger partial charge < -0.3 is 14.4 Å². The van der Waals surface area contributed by atoms with E-state index in [2.05, 4.69) is 11.8 Å². The molecule has 0 bridgehead atoms. The Kier molecular flexibility index (Phi) is 5.60. The molecule has 0 spiro atoms. The van der Waals surface area contributed by atoms with Crippen LogP contribution in [0.5, 0.6) is 0 Å². The van der Waals surface area contributed by atoms with E-state index in [4.69, 9.17) is 0 Å². The number of rotatable bonds is 4. The Labute approximate surface area is 165 Å². The quantitative estimate of drug-likeness (QED) is 0.741. The summed E-state index contributed by atoms with van der Waals surface area (Å²) in [5.41, 5.74) is 0.209. The third-order valence-electron chi connectivity index (χ3n) is 5.28. The predicted octanol–water partition coefficient (Wildman–Crippen LogP) is 0.567. The van der Waals surface area contributed by atoms with Crippen molar-refractivity contribution < 1.29 is 13.2 Å². The van der Waals surface area contributed by atoms with E-state index in [0.717, 1.165) is 23.9 Å². The molecule has 3 rings (SSSR count). The Morgan fingerprint density at radius 3 is 2.36 bits per heavy atom. The van der Waals surface area contributed by atoms with Crippen molar-refractivity contribution in [2.75, 3.05) is 46.8 Å². The highest BCUT2D eigenvalue weighted by Crippen LogP contribution is 2.20. The second-order valence-electron chi connectivity index (χ2n) is 7.18. The van der Waals surface area contributed by atoms with Gasteiger partial charge in [-0.2, -0.15) is 0 Å². The van der Waals surface area contributed by atoms with Gasteiger partial charge in [0.25, 0.3) is 5.91 Å². The summed E-state index contributed by atoms with van der Waals surface area (Å²) < 4.78 is 27.7. The number of nitrogens with zero attached hydrogens (tertiary/aromatic N) is 4. The average Bonchev–Trinajstić information content (AvgIpc) is 2.69. The Hall–Kier alpha value is -2.23. The second-order valence-corrected chi connectivity index (χ2v) is 9.33. The lowest BCUT2D eigenvalue weighted by molar-refractivity contribution is 0.0641. The zero-order valence-electron chi connectivity index (χ0n) is 16.7. The van der Waals surface area contributed by atoms with Gasteiger partial charge in [-0.1, -0.05) is 6.92 Å². The zero-order valence-corrected chi connectivity index (χ0v) is 17.5. The first kappa shape index (κ1) is 20.5. The molecule has 1 fully saturated rings. The second kappa shape index (κ2) is 7.65. The smallest absolute Gasteiger partial charge is 0.259 e. The predicted molar refractivity (Wildman–Crippen MR) is 108 cm³/mol. The number of piperazine rings is 1. The average molecular weight is 407 g/mol. The number of carbonyl (C=O) groups excluding carboxylic acids is 1. The summed E-state index contributed by atoms with van der Waals surface area (Å²) in [5.74, 6) is -0.306. The molecule has 0 radical (unpaired) electrons. The molecule has 28 heavy (non-hydrogen) atoms. The van der Waals surface area contributed by atoms with Crippen molar-refractivity contribution >= 4 is 26.8 Å². The molecule has 1 aromatic heterocycles. The first-order valence-electron chi connectivity index (χ1n) is 9.24. The Morgan fingerprint density at radius 1 is 1.14 bits per heavy atom. The van der Waals surface area contributed by atoms with Crippen molar-refractivity contribution in [3.8, 4) is 0 Å². The molecule has 1 saturated heterocycles. The fourth-order valence-electron chi connectivity index (χ4n) is 3.43. The number of fused-ring (bicyclic) bond motifs is 1. The summed E-state index contributed by atoms with van der Waals surface area (Å²) >= 11 is 0. The molecule has 1 amide bonds. The molecule has 1 aliphatic heterocycles. The molecule has 1 aromatic carbocycles. The molecule has 2 heterocycles. The number of pyridine rings is 1. The van der Waals surface area contributed by atoms with Crippen LogP contribution >= 0.6 is 0 Å². The molecular weight excluding hydrogens is 380 g/mol. The van der Waals surface area contributed by atoms with Crippen LogP contribution in [0.2, 0.25) is 0 Å². The minimum Gasteiger partial charge on any atom is -0.350 e. The van der Waals surface area contributed by atoms with Crippen molar-refractivity contribution in [3.05, 3.63) is 40.2 Å². The van der Waals surface area contributed by atoms with E-state index in [1.54, 1.807) is 28.8 Å². The standard InChI is InChI=1S/C19H26N4O4S/c1-5-22-8-10-23(11-9-22)19(25)16-13-21(4)17-7-6-14(12-15(17)18(16)24)28(26,27)20(2)3/h6-7,12-13H,5,8-11H2,1-4H3. The van der Waals surface area contributed by atoms with Gasteiger partial charge >= 0.3 is 0 Å². The largest absolute Gasteiger partial charge is 0.350 e. The maximum atomic E-state index is 13.1. The number of hydrogen-bond acceptors (Lipinski definition) is 5. The monoisotopic (exact) mass is 406 g/mol. The van der Waals surface area contributed by atoms with Gasteiger partial charge in [-0.15, -0.1) is 0 Å². The molecule has 0 atom stereocenters. The molecule has 0 unspecified atom stereocenters. The van der Waals surface area contributed by atoms with Crippen LogP contribution in [0, 0.1) is 0 Å². The van der Waals surface area contributed by atoms with Gasteiger partial charge in [-0.25, -0.2) is 12.7 Å². The third-order valence-corrected chi connectivity index (χ3v) is 7.09. The molecule has 1 aliphatic rings. The van der Waals surface area contributed by atoms with E-state index in [1.807, 2.05) is 0 Å². The molecule has 9 heteroatoms. The lowest BCUT2D eigenvalue weighted by atomic mass is 10.1. The highest BCUT2D eigenvalue weighted by Gasteiger charge is 2.25. The van der Waals surface area contributed by atoms with Gasteiger partial charge in [0.05, 0.1) is 10.4 Å². The number of carbonyl (C=O) groups is 1. The highest BCUT2D eigenvalue weighted by atomic mass is 32.2. The topological polar surface area (TPSA) is 82.9 Å². The van der Waals surface area contributed by atoms with E-state index in [1.165, 1.54) is 26.2 Å². The maximum absolute atomic E-state index is 13.1. The van der Waals surface area contributed by atoms with Crippen molar-refractivity contribution in [2.24, 2.45) is 7.05 Å². The van der Waals surface area contributed by atoms with Crippen LogP contribution < -0.4 is 5.43 Å². The van der Waals surface area contributed by atoms with Gasteiger partial charge in [0.1, 0.15) is 5.56 Å². The Morgan fingerprint density at radius 2 is 1.79 bits per heavy atom. The van der Waals surface area contributed by atoms with Gasteiger partial charge in [-0.3, -0.25) is 9.59 Å². The van der Waals surface area contributed by atoms with Crippen molar-refractivity contribution in [1.29, 1.82) is 0 Å². The summed E-state index contributed by atoms with van der Waals surface area (Å²) in [7, 11) is 0.944. The molecule has 0 saturated carbocycles. The number of likely N-dealkylation sites (N-methyl/N-ethyl adjacent to an activating group) is 1. The molecular formula is C19H26N4O4S. The first-order valence-corrected chi connectivity index (χ1v) is 10.7. The van der Waals surface area contributed by atoms with Crippen molar-refractivity contribution in [1.82, 2.24) is 18.7 Å². The fourth-order valence-corrected chi connectivity index (χ4v) is 4.36. The highest BCUT2D eigenvalue weighted by molar-refractivity contribution is 7.89. The van der Waals surface area contributed by atoms with Gasteiger partial charge in [0.15, 0.2) is 0 Å². The normalized spacial score (nSPS) is 16.1. The number of aryl methyl sites for hydroxylation is 1. The summed E-state index contributed by atoms with van der Waals surface area (Å²) in [5, 5.41) is 0.225. The Balaban J connectivity index is 2.06. The number of aromatic nitrogens is 1. The van der Waals surface area contributed by atoms with Crippen LogP contribution in [0.4, 0.5) is 0 Å². The van der Waals surface area contributed by atoms with Gasteiger partial charge in [0, 0.05) is 58.9 Å². The van der Waals surface area contributed by atoms with Gasteiger partial charge in [-0.05, 0) is 24.7 Å². The fraction of sp³-hybridized carbons (Fsp3) is 0.474. The number of sulfonamides is 1. The molecule has 0 aliphatic carbocycles. The third kappa shape index (κ3) is 3.57. The lowest BCUT2D eigenvalue weighted by Crippen LogP contribution is -2.49. The van der Waals surface area contributed by atoms with E-state index in [-0.39, 0.29) is 21.8 Å². The van der Waals surface area contributed by atoms with E-state index >= 15 is 0 Å². The minimum absolute atomic E-state index is 0.0308. The van der Waals surface area contributed by atoms with Crippen LogP contribution in [0.15, 0.2) is 34.1 Å². The SMILES string of the molecule is CCN1CCN(C(=O)c2cn(C)c3ccc(S(=O)(=O)N(C)C)cc3c2=O)CC1. The minimum atomic E-state index is -3.68. The maximum Gasteiger partial charge on any atom is 0.259 e. The zero-order chi connectivity index (χ0) is 20.6. The van der Waals surface area contributed by atoms with Crippen LogP contribution in [-0.2, 0) is 17.1 Å². The number of amides is 1. The molecule has 2 aromatic rings. The van der Waals surface area contributed by atoms with Crippen molar-refractivity contribution in [2.45, 2.75) is 11.8 Å². The van der Waals surface area contributed by atoms with Crippen LogP contribution in [0.3, 0.4) is 0 Å². The summed E-state index contributed by atoms with van der Waals surface area (Å²) in [6.45, 7) is 5.72. The Bertz CT molecular complexity index is 1070. The van der Waals surface area contributed by atoms with E-state index < -0.39 is 15.5 Å². The summed E-state index contributed by atoms with van der Waals surface area (Å²) in [4.78, 5) is 30.0. The first-order chi connectivity index (χ1) is 13.2. The van der Waals surface area contributed by atoms with Gasteiger partial charge in [0.2, 0.25) is 15.5 Å². The lowest BCUT2D eigenvalue weighted by Gasteiger charge is -2.34. The van der Waals surface area contributed by atoms with E-state index in [0.29, 0.717) is 18.6 Å².